The molecule has 2 atom stereocenters. The van der Waals surface area contributed by atoms with Crippen LogP contribution < -0.4 is 0 Å². The highest BCUT2D eigenvalue weighted by atomic mass is 16.3. The van der Waals surface area contributed by atoms with Crippen molar-refractivity contribution in [3.63, 3.8) is 0 Å². The molecule has 0 radical (unpaired) electrons. The second-order valence-corrected chi connectivity index (χ2v) is 5.55. The lowest BCUT2D eigenvalue weighted by Crippen LogP contribution is -2.37. The molecule has 0 saturated heterocycles. The highest BCUT2D eigenvalue weighted by molar-refractivity contribution is 5.09. The number of aliphatic hydroxyl groups is 2. The summed E-state index contributed by atoms with van der Waals surface area (Å²) in [4.78, 5) is 0. The molecule has 0 saturated carbocycles. The third-order valence-corrected chi connectivity index (χ3v) is 4.02. The van der Waals surface area contributed by atoms with Gasteiger partial charge in [0.25, 0.3) is 0 Å². The third kappa shape index (κ3) is 4.29. The van der Waals surface area contributed by atoms with Crippen LogP contribution in [0.5, 0.6) is 0 Å². The summed E-state index contributed by atoms with van der Waals surface area (Å²) in [7, 11) is 0. The summed E-state index contributed by atoms with van der Waals surface area (Å²) in [6, 6.07) is 0. The average Bonchev–Trinajstić information content (AvgIpc) is 2.32. The Morgan fingerprint density at radius 1 is 1.59 bits per heavy atom. The molecule has 2 N–H and O–H groups in total. The average molecular weight is 238 g/mol. The van der Waals surface area contributed by atoms with Gasteiger partial charge in [0, 0.05) is 0 Å². The number of hydrogen-bond acceptors (Lipinski definition) is 2. The molecule has 0 aromatic carbocycles. The molecule has 0 spiro atoms. The summed E-state index contributed by atoms with van der Waals surface area (Å²) in [5, 5.41) is 19.5. The fourth-order valence-electron chi connectivity index (χ4n) is 2.33. The van der Waals surface area contributed by atoms with Crippen LogP contribution in [0.25, 0.3) is 0 Å². The molecule has 0 unspecified atom stereocenters. The summed E-state index contributed by atoms with van der Waals surface area (Å²) in [6.45, 7) is 6.35. The first kappa shape index (κ1) is 14.5. The van der Waals surface area contributed by atoms with E-state index in [0.29, 0.717) is 5.92 Å². The van der Waals surface area contributed by atoms with Crippen molar-refractivity contribution in [3.05, 3.63) is 23.3 Å². The molecule has 0 amide bonds. The van der Waals surface area contributed by atoms with E-state index < -0.39 is 5.60 Å². The van der Waals surface area contributed by atoms with Crippen LogP contribution in [-0.4, -0.2) is 22.4 Å². The first-order valence-electron chi connectivity index (χ1n) is 6.62. The van der Waals surface area contributed by atoms with E-state index in [-0.39, 0.29) is 6.61 Å². The lowest BCUT2D eigenvalue weighted by Gasteiger charge is -2.36. The molecular formula is C15H26O2. The lowest BCUT2D eigenvalue weighted by molar-refractivity contribution is -0.0234. The third-order valence-electron chi connectivity index (χ3n) is 4.02. The van der Waals surface area contributed by atoms with Crippen LogP contribution in [0.1, 0.15) is 52.9 Å². The van der Waals surface area contributed by atoms with Gasteiger partial charge in [-0.05, 0) is 51.9 Å². The zero-order chi connectivity index (χ0) is 12.9. The zero-order valence-electron chi connectivity index (χ0n) is 11.4. The van der Waals surface area contributed by atoms with Crippen LogP contribution in [0.2, 0.25) is 0 Å². The van der Waals surface area contributed by atoms with Gasteiger partial charge in [-0.1, -0.05) is 30.2 Å². The minimum atomic E-state index is -0.513. The van der Waals surface area contributed by atoms with E-state index in [4.69, 9.17) is 5.11 Å². The van der Waals surface area contributed by atoms with Crippen molar-refractivity contribution in [2.75, 3.05) is 6.61 Å². The van der Waals surface area contributed by atoms with E-state index in [9.17, 15) is 5.11 Å². The maximum absolute atomic E-state index is 10.6. The van der Waals surface area contributed by atoms with Gasteiger partial charge in [0.1, 0.15) is 0 Å². The van der Waals surface area contributed by atoms with E-state index in [1.54, 1.807) is 0 Å². The summed E-state index contributed by atoms with van der Waals surface area (Å²) >= 11 is 0. The van der Waals surface area contributed by atoms with Gasteiger partial charge in [-0.2, -0.15) is 0 Å². The minimum absolute atomic E-state index is 0.139. The largest absolute Gasteiger partial charge is 0.392 e. The van der Waals surface area contributed by atoms with Crippen molar-refractivity contribution in [2.45, 2.75) is 58.5 Å². The van der Waals surface area contributed by atoms with Crippen molar-refractivity contribution < 1.29 is 10.2 Å². The zero-order valence-corrected chi connectivity index (χ0v) is 11.4. The van der Waals surface area contributed by atoms with Crippen LogP contribution in [-0.2, 0) is 0 Å². The van der Waals surface area contributed by atoms with E-state index in [2.05, 4.69) is 26.0 Å². The Morgan fingerprint density at radius 2 is 2.29 bits per heavy atom. The minimum Gasteiger partial charge on any atom is -0.392 e. The molecule has 98 valence electrons. The summed E-state index contributed by atoms with van der Waals surface area (Å²) < 4.78 is 0. The Morgan fingerprint density at radius 3 is 2.82 bits per heavy atom. The molecule has 0 aromatic heterocycles. The predicted octanol–water partition coefficient (Wildman–Crippen LogP) is 3.20. The Kier molecular flexibility index (Phi) is 5.41. The Bertz CT molecular complexity index is 304. The Labute approximate surface area is 105 Å². The van der Waals surface area contributed by atoms with Crippen molar-refractivity contribution in [3.8, 4) is 0 Å². The van der Waals surface area contributed by atoms with Crippen LogP contribution in [0.15, 0.2) is 23.3 Å². The molecular weight excluding hydrogens is 212 g/mol. The van der Waals surface area contributed by atoms with E-state index in [1.165, 1.54) is 5.57 Å². The predicted molar refractivity (Wildman–Crippen MR) is 71.8 cm³/mol. The Balaban J connectivity index is 2.44. The number of rotatable bonds is 5. The summed E-state index contributed by atoms with van der Waals surface area (Å²) in [5.74, 6) is 0.314. The van der Waals surface area contributed by atoms with Gasteiger partial charge in [-0.25, -0.2) is 0 Å². The van der Waals surface area contributed by atoms with Crippen molar-refractivity contribution >= 4 is 0 Å². The molecule has 2 nitrogen and oxygen atoms in total. The van der Waals surface area contributed by atoms with Gasteiger partial charge in [-0.15, -0.1) is 0 Å². The lowest BCUT2D eigenvalue weighted by atomic mass is 9.75. The second-order valence-electron chi connectivity index (χ2n) is 5.55. The molecule has 1 aliphatic rings. The van der Waals surface area contributed by atoms with Crippen molar-refractivity contribution in [2.24, 2.45) is 5.92 Å². The van der Waals surface area contributed by atoms with Gasteiger partial charge in [0.15, 0.2) is 0 Å². The molecule has 0 aromatic rings. The molecule has 1 rings (SSSR count). The Hall–Kier alpha value is -0.600. The molecule has 17 heavy (non-hydrogen) atoms. The topological polar surface area (TPSA) is 40.5 Å². The molecule has 0 heterocycles. The standard InChI is InChI=1S/C15H26O2/c1-12-7-9-15(17,10-8-12)14(3)6-4-5-13(2)11-16/h5,7,14,16-17H,4,6,8-11H2,1-3H3/b13-5-/t14-,15-/m1/s1. The molecule has 2 heteroatoms. The quantitative estimate of drug-likeness (QED) is 0.722. The maximum atomic E-state index is 10.6. The van der Waals surface area contributed by atoms with Gasteiger partial charge < -0.3 is 10.2 Å². The maximum Gasteiger partial charge on any atom is 0.0710 e. The molecule has 1 aliphatic carbocycles. The molecule has 0 bridgehead atoms. The van der Waals surface area contributed by atoms with E-state index in [1.807, 2.05) is 6.92 Å². The number of allylic oxidation sites excluding steroid dienone is 2. The van der Waals surface area contributed by atoms with Gasteiger partial charge in [0.05, 0.1) is 12.2 Å². The number of hydrogen-bond donors (Lipinski definition) is 2. The number of aliphatic hydroxyl groups excluding tert-OH is 1. The van der Waals surface area contributed by atoms with E-state index in [0.717, 1.165) is 37.7 Å². The highest BCUT2D eigenvalue weighted by Crippen LogP contribution is 2.35. The van der Waals surface area contributed by atoms with E-state index >= 15 is 0 Å². The normalized spacial score (nSPS) is 27.8. The van der Waals surface area contributed by atoms with Gasteiger partial charge in [-0.3, -0.25) is 0 Å². The SMILES string of the molecule is CC1=CC[C@](O)([C@H](C)CC/C=C(/C)CO)CC1. The van der Waals surface area contributed by atoms with Crippen molar-refractivity contribution in [1.82, 2.24) is 0 Å². The summed E-state index contributed by atoms with van der Waals surface area (Å²) in [6.07, 6.45) is 8.88. The van der Waals surface area contributed by atoms with Crippen LogP contribution in [0, 0.1) is 5.92 Å². The first-order chi connectivity index (χ1) is 7.98. The molecule has 0 aliphatic heterocycles. The highest BCUT2D eigenvalue weighted by Gasteiger charge is 2.33. The van der Waals surface area contributed by atoms with Gasteiger partial charge >= 0.3 is 0 Å². The monoisotopic (exact) mass is 238 g/mol. The van der Waals surface area contributed by atoms with Crippen LogP contribution >= 0.6 is 0 Å². The smallest absolute Gasteiger partial charge is 0.0710 e. The van der Waals surface area contributed by atoms with Crippen molar-refractivity contribution in [1.29, 1.82) is 0 Å². The first-order valence-corrected chi connectivity index (χ1v) is 6.62. The van der Waals surface area contributed by atoms with Crippen LogP contribution in [0.3, 0.4) is 0 Å². The fourth-order valence-corrected chi connectivity index (χ4v) is 2.33. The van der Waals surface area contributed by atoms with Crippen LogP contribution in [0.4, 0.5) is 0 Å². The molecule has 0 fully saturated rings. The fraction of sp³-hybridized carbons (Fsp3) is 0.733. The summed E-state index contributed by atoms with van der Waals surface area (Å²) in [5.41, 5.74) is 1.90. The van der Waals surface area contributed by atoms with Gasteiger partial charge in [0.2, 0.25) is 0 Å². The second kappa shape index (κ2) is 6.36.